The zero-order valence-corrected chi connectivity index (χ0v) is 12.9. The summed E-state index contributed by atoms with van der Waals surface area (Å²) >= 11 is 0. The highest BCUT2D eigenvalue weighted by Crippen LogP contribution is 2.49. The molecular formula is C15H23NO5. The standard InChI is InChI=1S/C15H23NO5/c1-4-20-12(18)14-7-6-8-15(11(14)17,10-16(3)9-14)13(19)21-5-2/h4-10H2,1-3H3/t14-,15-/m1/s1. The summed E-state index contributed by atoms with van der Waals surface area (Å²) in [5, 5.41) is 0. The predicted octanol–water partition coefficient (Wildman–Crippen LogP) is 0.784. The molecular weight excluding hydrogens is 274 g/mol. The van der Waals surface area contributed by atoms with E-state index in [1.54, 1.807) is 13.8 Å². The van der Waals surface area contributed by atoms with Crippen LogP contribution in [0.5, 0.6) is 0 Å². The SMILES string of the molecule is CCOC(=O)[C@]12CCC[C@@](C(=O)OCC)(CN(C)C1)C2=O. The molecule has 2 atom stereocenters. The number of Topliss-reactive ketones (excluding diaryl/α,β-unsaturated/α-hetero) is 1. The summed E-state index contributed by atoms with van der Waals surface area (Å²) in [6.45, 7) is 4.51. The number of hydrogen-bond donors (Lipinski definition) is 0. The van der Waals surface area contributed by atoms with E-state index in [4.69, 9.17) is 9.47 Å². The summed E-state index contributed by atoms with van der Waals surface area (Å²) in [4.78, 5) is 39.6. The third-order valence-corrected chi connectivity index (χ3v) is 4.49. The minimum atomic E-state index is -1.21. The first-order valence-electron chi connectivity index (χ1n) is 7.51. The first-order valence-corrected chi connectivity index (χ1v) is 7.51. The number of carbonyl (C=O) groups is 3. The van der Waals surface area contributed by atoms with Crippen LogP contribution in [0.2, 0.25) is 0 Å². The van der Waals surface area contributed by atoms with Crippen molar-refractivity contribution in [3.05, 3.63) is 0 Å². The highest BCUT2D eigenvalue weighted by molar-refractivity contribution is 6.16. The van der Waals surface area contributed by atoms with E-state index in [0.29, 0.717) is 32.4 Å². The van der Waals surface area contributed by atoms with E-state index in [9.17, 15) is 14.4 Å². The van der Waals surface area contributed by atoms with Gasteiger partial charge in [0.2, 0.25) is 0 Å². The fraction of sp³-hybridized carbons (Fsp3) is 0.800. The minimum absolute atomic E-state index is 0.226. The molecule has 2 aliphatic rings. The van der Waals surface area contributed by atoms with Crippen molar-refractivity contribution in [2.75, 3.05) is 33.4 Å². The largest absolute Gasteiger partial charge is 0.465 e. The van der Waals surface area contributed by atoms with Gasteiger partial charge in [0, 0.05) is 13.1 Å². The van der Waals surface area contributed by atoms with Gasteiger partial charge in [0.25, 0.3) is 0 Å². The van der Waals surface area contributed by atoms with E-state index in [-0.39, 0.29) is 19.0 Å². The fourth-order valence-electron chi connectivity index (χ4n) is 3.71. The van der Waals surface area contributed by atoms with Crippen molar-refractivity contribution < 1.29 is 23.9 Å². The third kappa shape index (κ3) is 2.35. The molecule has 0 unspecified atom stereocenters. The molecule has 0 amide bonds. The molecule has 1 heterocycles. The van der Waals surface area contributed by atoms with E-state index in [0.717, 1.165) is 0 Å². The Balaban J connectivity index is 2.42. The maximum absolute atomic E-state index is 13.0. The van der Waals surface area contributed by atoms with Gasteiger partial charge in [0.1, 0.15) is 10.8 Å². The van der Waals surface area contributed by atoms with Crippen molar-refractivity contribution in [2.45, 2.75) is 33.1 Å². The second-order valence-corrected chi connectivity index (χ2v) is 5.96. The van der Waals surface area contributed by atoms with Gasteiger partial charge in [-0.15, -0.1) is 0 Å². The lowest BCUT2D eigenvalue weighted by Crippen LogP contribution is -2.67. The van der Waals surface area contributed by atoms with Crippen LogP contribution >= 0.6 is 0 Å². The van der Waals surface area contributed by atoms with Crippen molar-refractivity contribution in [2.24, 2.45) is 10.8 Å². The Morgan fingerprint density at radius 3 is 1.86 bits per heavy atom. The third-order valence-electron chi connectivity index (χ3n) is 4.49. The predicted molar refractivity (Wildman–Crippen MR) is 74.5 cm³/mol. The number of ketones is 1. The van der Waals surface area contributed by atoms with Gasteiger partial charge in [-0.25, -0.2) is 0 Å². The van der Waals surface area contributed by atoms with Gasteiger partial charge < -0.3 is 14.4 Å². The summed E-state index contributed by atoms with van der Waals surface area (Å²) in [6.07, 6.45) is 1.53. The van der Waals surface area contributed by atoms with E-state index < -0.39 is 22.8 Å². The van der Waals surface area contributed by atoms with Gasteiger partial charge in [-0.2, -0.15) is 0 Å². The number of carbonyl (C=O) groups excluding carboxylic acids is 3. The molecule has 1 aliphatic carbocycles. The van der Waals surface area contributed by atoms with E-state index in [1.807, 2.05) is 11.9 Å². The van der Waals surface area contributed by atoms with Crippen LogP contribution < -0.4 is 0 Å². The van der Waals surface area contributed by atoms with Crippen molar-refractivity contribution in [1.29, 1.82) is 0 Å². The normalized spacial score (nSPS) is 32.6. The zero-order valence-electron chi connectivity index (χ0n) is 12.9. The summed E-state index contributed by atoms with van der Waals surface area (Å²) < 4.78 is 10.2. The number of fused-ring (bicyclic) bond motifs is 2. The highest BCUT2D eigenvalue weighted by Gasteiger charge is 2.65. The molecule has 0 N–H and O–H groups in total. The maximum Gasteiger partial charge on any atom is 0.320 e. The lowest BCUT2D eigenvalue weighted by Gasteiger charge is -2.50. The van der Waals surface area contributed by atoms with Crippen molar-refractivity contribution in [1.82, 2.24) is 4.90 Å². The maximum atomic E-state index is 13.0. The first-order chi connectivity index (χ1) is 9.93. The van der Waals surface area contributed by atoms with Gasteiger partial charge in [0.05, 0.1) is 13.2 Å². The molecule has 2 rings (SSSR count). The Kier molecular flexibility index (Phi) is 4.37. The molecule has 118 valence electrons. The number of nitrogens with zero attached hydrogens (tertiary/aromatic N) is 1. The van der Waals surface area contributed by atoms with Crippen LogP contribution in [-0.4, -0.2) is 56.0 Å². The minimum Gasteiger partial charge on any atom is -0.465 e. The molecule has 1 saturated heterocycles. The molecule has 2 bridgehead atoms. The summed E-state index contributed by atoms with van der Waals surface area (Å²) in [6, 6.07) is 0. The van der Waals surface area contributed by atoms with Crippen LogP contribution in [0, 0.1) is 10.8 Å². The van der Waals surface area contributed by atoms with Gasteiger partial charge >= 0.3 is 11.9 Å². The number of hydrogen-bond acceptors (Lipinski definition) is 6. The Morgan fingerprint density at radius 2 is 1.48 bits per heavy atom. The molecule has 1 saturated carbocycles. The Hall–Kier alpha value is -1.43. The first kappa shape index (κ1) is 15.9. The molecule has 1 aliphatic heterocycles. The van der Waals surface area contributed by atoms with Gasteiger partial charge in [-0.1, -0.05) is 6.42 Å². The smallest absolute Gasteiger partial charge is 0.320 e. The Bertz CT molecular complexity index is 425. The summed E-state index contributed by atoms with van der Waals surface area (Å²) in [5.74, 6) is -1.32. The quantitative estimate of drug-likeness (QED) is 0.564. The van der Waals surface area contributed by atoms with E-state index in [2.05, 4.69) is 0 Å². The second-order valence-electron chi connectivity index (χ2n) is 5.96. The Labute approximate surface area is 124 Å². The van der Waals surface area contributed by atoms with Crippen LogP contribution in [0.1, 0.15) is 33.1 Å². The van der Waals surface area contributed by atoms with E-state index >= 15 is 0 Å². The van der Waals surface area contributed by atoms with Crippen LogP contribution in [0.25, 0.3) is 0 Å². The van der Waals surface area contributed by atoms with Gasteiger partial charge in [-0.05, 0) is 33.7 Å². The molecule has 0 radical (unpaired) electrons. The molecule has 2 fully saturated rings. The fourth-order valence-corrected chi connectivity index (χ4v) is 3.71. The number of ether oxygens (including phenoxy) is 2. The lowest BCUT2D eigenvalue weighted by atomic mass is 9.58. The van der Waals surface area contributed by atoms with Crippen LogP contribution in [0.4, 0.5) is 0 Å². The lowest BCUT2D eigenvalue weighted by molar-refractivity contribution is -0.184. The van der Waals surface area contributed by atoms with Gasteiger partial charge in [0.15, 0.2) is 5.78 Å². The molecule has 0 aromatic rings. The molecule has 21 heavy (non-hydrogen) atoms. The summed E-state index contributed by atoms with van der Waals surface area (Å²) in [5.41, 5.74) is -2.43. The zero-order chi connectivity index (χ0) is 15.7. The van der Waals surface area contributed by atoms with Crippen molar-refractivity contribution >= 4 is 17.7 Å². The second kappa shape index (κ2) is 5.75. The number of rotatable bonds is 4. The van der Waals surface area contributed by atoms with Crippen LogP contribution in [0.3, 0.4) is 0 Å². The number of piperidine rings is 1. The number of likely N-dealkylation sites (tertiary alicyclic amines) is 1. The topological polar surface area (TPSA) is 72.9 Å². The van der Waals surface area contributed by atoms with Crippen LogP contribution in [0.15, 0.2) is 0 Å². The highest BCUT2D eigenvalue weighted by atomic mass is 16.5. The van der Waals surface area contributed by atoms with Crippen molar-refractivity contribution in [3.8, 4) is 0 Å². The number of esters is 2. The van der Waals surface area contributed by atoms with Crippen molar-refractivity contribution in [3.63, 3.8) is 0 Å². The Morgan fingerprint density at radius 1 is 1.05 bits per heavy atom. The molecule has 0 aromatic carbocycles. The molecule has 0 spiro atoms. The molecule has 6 nitrogen and oxygen atoms in total. The average Bonchev–Trinajstić information content (AvgIpc) is 2.41. The van der Waals surface area contributed by atoms with Gasteiger partial charge in [-0.3, -0.25) is 14.4 Å². The molecule has 6 heteroatoms. The average molecular weight is 297 g/mol. The summed E-state index contributed by atoms with van der Waals surface area (Å²) in [7, 11) is 1.82. The van der Waals surface area contributed by atoms with E-state index in [1.165, 1.54) is 0 Å². The monoisotopic (exact) mass is 297 g/mol. The molecule has 0 aromatic heterocycles. The van der Waals surface area contributed by atoms with Crippen LogP contribution in [-0.2, 0) is 23.9 Å².